The molecule has 0 fully saturated rings. The Balaban J connectivity index is 3.91. The summed E-state index contributed by atoms with van der Waals surface area (Å²) in [6.45, 7) is 5.94. The number of aliphatic carboxylic acids is 2. The molecule has 0 saturated heterocycles. The van der Waals surface area contributed by atoms with E-state index in [1.807, 2.05) is 4.90 Å². The van der Waals surface area contributed by atoms with Crippen molar-refractivity contribution in [3.63, 3.8) is 0 Å². The minimum absolute atomic E-state index is 0.312. The highest BCUT2D eigenvalue weighted by atomic mass is 16.4. The van der Waals surface area contributed by atoms with Crippen molar-refractivity contribution in [2.45, 2.75) is 232 Å². The summed E-state index contributed by atoms with van der Waals surface area (Å²) in [5, 5.41) is 19.1. The van der Waals surface area contributed by atoms with Crippen molar-refractivity contribution in [2.75, 3.05) is 13.1 Å². The molecule has 0 aromatic rings. The normalized spacial score (nSPS) is 12.2. The summed E-state index contributed by atoms with van der Waals surface area (Å²) in [6, 6.07) is -0.907. The van der Waals surface area contributed by atoms with Crippen molar-refractivity contribution >= 4 is 11.9 Å². The second-order valence-electron chi connectivity index (χ2n) is 14.1. The molecule has 5 heteroatoms. The van der Waals surface area contributed by atoms with Crippen LogP contribution in [0, 0.1) is 0 Å². The van der Waals surface area contributed by atoms with Gasteiger partial charge in [-0.2, -0.15) is 0 Å². The topological polar surface area (TPSA) is 77.8 Å². The summed E-state index contributed by atoms with van der Waals surface area (Å²) in [4.78, 5) is 25.2. The van der Waals surface area contributed by atoms with Crippen LogP contribution >= 0.6 is 0 Å². The lowest BCUT2D eigenvalue weighted by atomic mass is 10.0. The van der Waals surface area contributed by atoms with E-state index >= 15 is 0 Å². The average Bonchev–Trinajstić information content (AvgIpc) is 3.02. The smallest absolute Gasteiger partial charge is 0.321 e. The van der Waals surface area contributed by atoms with Crippen LogP contribution in [0.2, 0.25) is 0 Å². The predicted molar refractivity (Wildman–Crippen MR) is 194 cm³/mol. The van der Waals surface area contributed by atoms with Crippen LogP contribution in [0.5, 0.6) is 0 Å². The molecule has 0 aliphatic heterocycles. The number of carboxylic acids is 2. The number of unbranched alkanes of at least 4 members (excludes halogenated alkanes) is 30. The molecular formula is C40H79NO4. The maximum absolute atomic E-state index is 11.9. The van der Waals surface area contributed by atoms with Crippen molar-refractivity contribution in [3.05, 3.63) is 0 Å². The summed E-state index contributed by atoms with van der Waals surface area (Å²) < 4.78 is 0. The van der Waals surface area contributed by atoms with Crippen LogP contribution in [0.3, 0.4) is 0 Å². The van der Waals surface area contributed by atoms with Crippen molar-refractivity contribution in [1.82, 2.24) is 4.90 Å². The minimum atomic E-state index is -1.02. The van der Waals surface area contributed by atoms with E-state index in [0.717, 1.165) is 25.7 Å². The first-order valence-corrected chi connectivity index (χ1v) is 20.2. The van der Waals surface area contributed by atoms with Gasteiger partial charge in [0.05, 0.1) is 6.42 Å². The van der Waals surface area contributed by atoms with E-state index in [0.29, 0.717) is 13.1 Å². The molecule has 0 unspecified atom stereocenters. The molecule has 0 rings (SSSR count). The lowest BCUT2D eigenvalue weighted by Crippen LogP contribution is -2.43. The molecule has 5 nitrogen and oxygen atoms in total. The van der Waals surface area contributed by atoms with Gasteiger partial charge in [0.1, 0.15) is 6.04 Å². The van der Waals surface area contributed by atoms with Gasteiger partial charge in [0.15, 0.2) is 0 Å². The molecular weight excluding hydrogens is 558 g/mol. The largest absolute Gasteiger partial charge is 0.481 e. The van der Waals surface area contributed by atoms with Gasteiger partial charge in [0, 0.05) is 0 Å². The SMILES string of the molecule is CCCCCCCCCCCCCCCCCCN(CCCCCCCCCCCCCCCCCC)[C@@H](CC(=O)O)C(=O)O. The zero-order chi connectivity index (χ0) is 33.1. The molecule has 0 aromatic carbocycles. The first-order chi connectivity index (χ1) is 22.0. The zero-order valence-electron chi connectivity index (χ0n) is 30.5. The number of carboxylic acid groups (broad SMARTS) is 2. The van der Waals surface area contributed by atoms with E-state index < -0.39 is 18.0 Å². The molecule has 0 aliphatic carbocycles. The third-order valence-electron chi connectivity index (χ3n) is 9.69. The van der Waals surface area contributed by atoms with Gasteiger partial charge >= 0.3 is 11.9 Å². The third kappa shape index (κ3) is 32.6. The maximum atomic E-state index is 11.9. The Kier molecular flexibility index (Phi) is 34.9. The van der Waals surface area contributed by atoms with Crippen LogP contribution in [-0.4, -0.2) is 46.2 Å². The highest BCUT2D eigenvalue weighted by Gasteiger charge is 2.27. The Morgan fingerprint density at radius 1 is 0.400 bits per heavy atom. The highest BCUT2D eigenvalue weighted by Crippen LogP contribution is 2.17. The number of carbonyl (C=O) groups is 2. The molecule has 0 saturated carbocycles. The van der Waals surface area contributed by atoms with Gasteiger partial charge in [0.25, 0.3) is 0 Å². The second kappa shape index (κ2) is 35.7. The Labute approximate surface area is 281 Å². The lowest BCUT2D eigenvalue weighted by Gasteiger charge is -2.28. The highest BCUT2D eigenvalue weighted by molar-refractivity contribution is 5.80. The van der Waals surface area contributed by atoms with Crippen LogP contribution in [0.15, 0.2) is 0 Å². The van der Waals surface area contributed by atoms with Crippen molar-refractivity contribution in [1.29, 1.82) is 0 Å². The average molecular weight is 638 g/mol. The van der Waals surface area contributed by atoms with Gasteiger partial charge in [-0.05, 0) is 25.9 Å². The van der Waals surface area contributed by atoms with Gasteiger partial charge in [-0.3, -0.25) is 14.5 Å². The van der Waals surface area contributed by atoms with E-state index in [4.69, 9.17) is 0 Å². The molecule has 0 spiro atoms. The quantitative estimate of drug-likeness (QED) is 0.0659. The number of hydrogen-bond donors (Lipinski definition) is 2. The molecule has 0 amide bonds. The monoisotopic (exact) mass is 638 g/mol. The Morgan fingerprint density at radius 2 is 0.622 bits per heavy atom. The van der Waals surface area contributed by atoms with Crippen molar-refractivity contribution in [3.8, 4) is 0 Å². The first kappa shape index (κ1) is 43.9. The van der Waals surface area contributed by atoms with E-state index in [1.54, 1.807) is 0 Å². The van der Waals surface area contributed by atoms with E-state index in [1.165, 1.54) is 180 Å². The number of nitrogens with zero attached hydrogens (tertiary/aromatic N) is 1. The predicted octanol–water partition coefficient (Wildman–Crippen LogP) is 12.7. The van der Waals surface area contributed by atoms with Crippen LogP contribution in [-0.2, 0) is 9.59 Å². The van der Waals surface area contributed by atoms with Gasteiger partial charge in [-0.25, -0.2) is 0 Å². The van der Waals surface area contributed by atoms with E-state index in [-0.39, 0.29) is 6.42 Å². The van der Waals surface area contributed by atoms with Crippen LogP contribution in [0.1, 0.15) is 226 Å². The molecule has 0 bridgehead atoms. The minimum Gasteiger partial charge on any atom is -0.481 e. The Morgan fingerprint density at radius 3 is 0.822 bits per heavy atom. The fraction of sp³-hybridized carbons (Fsp3) is 0.950. The van der Waals surface area contributed by atoms with Crippen molar-refractivity contribution in [2.24, 2.45) is 0 Å². The first-order valence-electron chi connectivity index (χ1n) is 20.2. The lowest BCUT2D eigenvalue weighted by molar-refractivity contribution is -0.149. The van der Waals surface area contributed by atoms with Gasteiger partial charge in [-0.1, -0.05) is 206 Å². The third-order valence-corrected chi connectivity index (χ3v) is 9.69. The standard InChI is InChI=1S/C40H79NO4/c1-3-5-7-9-11-13-15-17-19-21-23-25-27-29-31-33-35-41(38(40(44)45)37-39(42)43)36-34-32-30-28-26-24-22-20-18-16-14-12-10-8-6-4-2/h38H,3-37H2,1-2H3,(H,42,43)(H,44,45)/t38-/m0/s1. The Hall–Kier alpha value is -1.10. The molecule has 268 valence electrons. The number of hydrogen-bond acceptors (Lipinski definition) is 3. The summed E-state index contributed by atoms with van der Waals surface area (Å²) in [5.41, 5.74) is 0. The summed E-state index contributed by atoms with van der Waals surface area (Å²) in [7, 11) is 0. The Bertz CT molecular complexity index is 589. The van der Waals surface area contributed by atoms with E-state index in [2.05, 4.69) is 13.8 Å². The molecule has 0 heterocycles. The second-order valence-corrected chi connectivity index (χ2v) is 14.1. The molecule has 1 atom stereocenters. The zero-order valence-corrected chi connectivity index (χ0v) is 30.5. The maximum Gasteiger partial charge on any atom is 0.321 e. The fourth-order valence-electron chi connectivity index (χ4n) is 6.69. The molecule has 0 aromatic heterocycles. The summed E-state index contributed by atoms with van der Waals surface area (Å²) >= 11 is 0. The summed E-state index contributed by atoms with van der Waals surface area (Å²) in [6.07, 6.45) is 41.8. The van der Waals surface area contributed by atoms with Crippen LogP contribution < -0.4 is 0 Å². The van der Waals surface area contributed by atoms with Gasteiger partial charge < -0.3 is 10.2 Å². The van der Waals surface area contributed by atoms with Gasteiger partial charge in [-0.15, -0.1) is 0 Å². The van der Waals surface area contributed by atoms with Gasteiger partial charge in [0.2, 0.25) is 0 Å². The molecule has 0 radical (unpaired) electrons. The fourth-order valence-corrected chi connectivity index (χ4v) is 6.69. The van der Waals surface area contributed by atoms with E-state index in [9.17, 15) is 19.8 Å². The van der Waals surface area contributed by atoms with Crippen molar-refractivity contribution < 1.29 is 19.8 Å². The molecule has 0 aliphatic rings. The number of rotatable bonds is 38. The van der Waals surface area contributed by atoms with Crippen LogP contribution in [0.25, 0.3) is 0 Å². The van der Waals surface area contributed by atoms with Crippen LogP contribution in [0.4, 0.5) is 0 Å². The molecule has 45 heavy (non-hydrogen) atoms. The summed E-state index contributed by atoms with van der Waals surface area (Å²) in [5.74, 6) is -2.02. The molecule has 2 N–H and O–H groups in total.